The van der Waals surface area contributed by atoms with Gasteiger partial charge in [-0.15, -0.1) is 5.10 Å². The topological polar surface area (TPSA) is 46.8 Å². The Kier molecular flexibility index (Phi) is 1.92. The molecule has 0 amide bonds. The van der Waals surface area contributed by atoms with Crippen molar-refractivity contribution in [2.75, 3.05) is 13.6 Å². The Hall–Kier alpha value is -1.49. The molecular weight excluding hydrogens is 190 g/mol. The Morgan fingerprint density at radius 1 is 1.47 bits per heavy atom. The van der Waals surface area contributed by atoms with Crippen LogP contribution >= 0.6 is 0 Å². The molecule has 78 valence electrons. The van der Waals surface area contributed by atoms with Crippen molar-refractivity contribution in [1.82, 2.24) is 24.9 Å². The lowest BCUT2D eigenvalue weighted by atomic mass is 10.3. The van der Waals surface area contributed by atoms with Crippen LogP contribution in [0, 0.1) is 0 Å². The largest absolute Gasteiger partial charge is 0.285 e. The SMILES string of the molecule is CN1CCCC1n1nnc2cccnc21. The molecule has 0 aliphatic carbocycles. The van der Waals surface area contributed by atoms with Crippen molar-refractivity contribution in [3.05, 3.63) is 18.3 Å². The van der Waals surface area contributed by atoms with Crippen molar-refractivity contribution in [2.45, 2.75) is 19.0 Å². The first kappa shape index (κ1) is 8.79. The minimum Gasteiger partial charge on any atom is -0.285 e. The maximum atomic E-state index is 4.33. The molecule has 1 aliphatic rings. The van der Waals surface area contributed by atoms with Crippen LogP contribution < -0.4 is 0 Å². The van der Waals surface area contributed by atoms with Gasteiger partial charge in [-0.1, -0.05) is 5.21 Å². The van der Waals surface area contributed by atoms with Gasteiger partial charge < -0.3 is 0 Å². The number of rotatable bonds is 1. The Balaban J connectivity index is 2.10. The first-order chi connectivity index (χ1) is 7.36. The number of pyridine rings is 1. The molecule has 15 heavy (non-hydrogen) atoms. The van der Waals surface area contributed by atoms with Crippen LogP contribution in [0.1, 0.15) is 19.0 Å². The van der Waals surface area contributed by atoms with Gasteiger partial charge in [0, 0.05) is 6.20 Å². The van der Waals surface area contributed by atoms with Crippen LogP contribution in [0.5, 0.6) is 0 Å². The van der Waals surface area contributed by atoms with E-state index in [4.69, 9.17) is 0 Å². The highest BCUT2D eigenvalue weighted by molar-refractivity contribution is 5.68. The Morgan fingerprint density at radius 2 is 2.40 bits per heavy atom. The molecule has 2 aromatic heterocycles. The second-order valence-electron chi connectivity index (χ2n) is 3.98. The van der Waals surface area contributed by atoms with E-state index >= 15 is 0 Å². The molecule has 1 unspecified atom stereocenters. The van der Waals surface area contributed by atoms with Crippen LogP contribution in [-0.2, 0) is 0 Å². The van der Waals surface area contributed by atoms with Gasteiger partial charge in [-0.2, -0.15) is 0 Å². The van der Waals surface area contributed by atoms with E-state index < -0.39 is 0 Å². The third-order valence-electron chi connectivity index (χ3n) is 3.00. The summed E-state index contributed by atoms with van der Waals surface area (Å²) in [5, 5.41) is 8.31. The summed E-state index contributed by atoms with van der Waals surface area (Å²) in [6, 6.07) is 3.83. The van der Waals surface area contributed by atoms with E-state index in [0.29, 0.717) is 6.17 Å². The molecule has 1 fully saturated rings. The molecule has 1 aliphatic heterocycles. The normalized spacial score (nSPS) is 22.6. The third kappa shape index (κ3) is 1.31. The van der Waals surface area contributed by atoms with Crippen LogP contribution in [0.3, 0.4) is 0 Å². The summed E-state index contributed by atoms with van der Waals surface area (Å²) in [4.78, 5) is 6.63. The predicted molar refractivity (Wildman–Crippen MR) is 56.2 cm³/mol. The van der Waals surface area contributed by atoms with Gasteiger partial charge in [0.05, 0.1) is 0 Å². The minimum atomic E-state index is 0.324. The number of fused-ring (bicyclic) bond motifs is 1. The van der Waals surface area contributed by atoms with Gasteiger partial charge in [0.25, 0.3) is 0 Å². The summed E-state index contributed by atoms with van der Waals surface area (Å²) in [7, 11) is 2.12. The summed E-state index contributed by atoms with van der Waals surface area (Å²) in [5.74, 6) is 0. The zero-order valence-electron chi connectivity index (χ0n) is 8.67. The Morgan fingerprint density at radius 3 is 3.20 bits per heavy atom. The highest BCUT2D eigenvalue weighted by atomic mass is 15.5. The van der Waals surface area contributed by atoms with E-state index in [0.717, 1.165) is 24.1 Å². The molecule has 3 rings (SSSR count). The lowest BCUT2D eigenvalue weighted by molar-refractivity contribution is 0.222. The molecule has 1 saturated heterocycles. The van der Waals surface area contributed by atoms with Crippen molar-refractivity contribution >= 4 is 11.2 Å². The average molecular weight is 203 g/mol. The van der Waals surface area contributed by atoms with Crippen molar-refractivity contribution in [3.63, 3.8) is 0 Å². The fourth-order valence-corrected chi connectivity index (χ4v) is 2.18. The number of hydrogen-bond acceptors (Lipinski definition) is 4. The van der Waals surface area contributed by atoms with Crippen LogP contribution in [0.15, 0.2) is 18.3 Å². The summed E-state index contributed by atoms with van der Waals surface area (Å²) in [6.45, 7) is 1.12. The fourth-order valence-electron chi connectivity index (χ4n) is 2.18. The first-order valence-corrected chi connectivity index (χ1v) is 5.22. The number of hydrogen-bond donors (Lipinski definition) is 0. The van der Waals surface area contributed by atoms with E-state index in [2.05, 4.69) is 27.2 Å². The van der Waals surface area contributed by atoms with E-state index in [9.17, 15) is 0 Å². The minimum absolute atomic E-state index is 0.324. The average Bonchev–Trinajstić information content (AvgIpc) is 2.83. The molecule has 3 heterocycles. The highest BCUT2D eigenvalue weighted by Gasteiger charge is 2.25. The summed E-state index contributed by atoms with van der Waals surface area (Å²) in [6.07, 6.45) is 4.46. The van der Waals surface area contributed by atoms with Gasteiger partial charge in [-0.25, -0.2) is 9.67 Å². The highest BCUT2D eigenvalue weighted by Crippen LogP contribution is 2.26. The smallest absolute Gasteiger partial charge is 0.180 e. The van der Waals surface area contributed by atoms with Crippen molar-refractivity contribution < 1.29 is 0 Å². The van der Waals surface area contributed by atoms with Crippen molar-refractivity contribution in [3.8, 4) is 0 Å². The van der Waals surface area contributed by atoms with Gasteiger partial charge in [0.2, 0.25) is 0 Å². The van der Waals surface area contributed by atoms with Gasteiger partial charge in [-0.3, -0.25) is 4.90 Å². The number of aromatic nitrogens is 4. The summed E-state index contributed by atoms with van der Waals surface area (Å²) >= 11 is 0. The van der Waals surface area contributed by atoms with Gasteiger partial charge >= 0.3 is 0 Å². The van der Waals surface area contributed by atoms with E-state index in [1.165, 1.54) is 6.42 Å². The van der Waals surface area contributed by atoms with E-state index in [-0.39, 0.29) is 0 Å². The van der Waals surface area contributed by atoms with Crippen LogP contribution in [0.25, 0.3) is 11.2 Å². The molecule has 1 atom stereocenters. The Bertz CT molecular complexity index is 477. The van der Waals surface area contributed by atoms with E-state index in [1.807, 2.05) is 16.8 Å². The van der Waals surface area contributed by atoms with Crippen LogP contribution in [0.4, 0.5) is 0 Å². The molecular formula is C10H13N5. The molecule has 2 aromatic rings. The first-order valence-electron chi connectivity index (χ1n) is 5.22. The molecule has 5 nitrogen and oxygen atoms in total. The van der Waals surface area contributed by atoms with Gasteiger partial charge in [-0.05, 0) is 38.6 Å². The van der Waals surface area contributed by atoms with Crippen molar-refractivity contribution in [2.24, 2.45) is 0 Å². The summed E-state index contributed by atoms with van der Waals surface area (Å²) < 4.78 is 1.93. The molecule has 0 spiro atoms. The number of nitrogens with zero attached hydrogens (tertiary/aromatic N) is 5. The molecule has 0 N–H and O–H groups in total. The monoisotopic (exact) mass is 203 g/mol. The number of likely N-dealkylation sites (tertiary alicyclic amines) is 1. The molecule has 0 aromatic carbocycles. The van der Waals surface area contributed by atoms with Crippen LogP contribution in [-0.4, -0.2) is 38.5 Å². The molecule has 0 radical (unpaired) electrons. The lowest BCUT2D eigenvalue weighted by Gasteiger charge is -2.18. The third-order valence-corrected chi connectivity index (χ3v) is 3.00. The molecule has 5 heteroatoms. The zero-order valence-corrected chi connectivity index (χ0v) is 8.67. The quantitative estimate of drug-likeness (QED) is 0.695. The maximum absolute atomic E-state index is 4.33. The zero-order chi connectivity index (χ0) is 10.3. The molecule has 0 bridgehead atoms. The van der Waals surface area contributed by atoms with Crippen LogP contribution in [0.2, 0.25) is 0 Å². The van der Waals surface area contributed by atoms with E-state index in [1.54, 1.807) is 6.20 Å². The molecule has 0 saturated carbocycles. The standard InChI is InChI=1S/C10H13N5/c1-14-7-3-5-9(14)15-10-8(12-13-15)4-2-6-11-10/h2,4,6,9H,3,5,7H2,1H3. The van der Waals surface area contributed by atoms with Gasteiger partial charge in [0.1, 0.15) is 11.7 Å². The second kappa shape index (κ2) is 3.27. The maximum Gasteiger partial charge on any atom is 0.180 e. The second-order valence-corrected chi connectivity index (χ2v) is 3.98. The fraction of sp³-hybridized carbons (Fsp3) is 0.500. The predicted octanol–water partition coefficient (Wildman–Crippen LogP) is 1.05. The Labute approximate surface area is 87.7 Å². The lowest BCUT2D eigenvalue weighted by Crippen LogP contribution is -2.24. The summed E-state index contributed by atoms with van der Waals surface area (Å²) in [5.41, 5.74) is 1.76. The van der Waals surface area contributed by atoms with Crippen molar-refractivity contribution in [1.29, 1.82) is 0 Å². The van der Waals surface area contributed by atoms with Gasteiger partial charge in [0.15, 0.2) is 5.65 Å².